The maximum absolute atomic E-state index is 14.3. The predicted octanol–water partition coefficient (Wildman–Crippen LogP) is 4.21. The highest BCUT2D eigenvalue weighted by molar-refractivity contribution is 7.96. The molecule has 0 heterocycles. The summed E-state index contributed by atoms with van der Waals surface area (Å²) in [4.78, 5) is 0. The number of aliphatic hydroxyl groups is 1. The van der Waals surface area contributed by atoms with Crippen LogP contribution in [0.3, 0.4) is 0 Å². The van der Waals surface area contributed by atoms with Crippen LogP contribution in [-0.2, 0) is 14.1 Å². The molecule has 4 bridgehead atoms. The first-order valence-corrected chi connectivity index (χ1v) is 9.67. The van der Waals surface area contributed by atoms with Crippen LogP contribution in [-0.4, -0.2) is 39.8 Å². The minimum atomic E-state index is -3.05. The van der Waals surface area contributed by atoms with Crippen LogP contribution in [0.2, 0.25) is 0 Å². The molecule has 5 nitrogen and oxygen atoms in total. The fraction of sp³-hybridized carbons (Fsp3) is 1.00. The van der Waals surface area contributed by atoms with Gasteiger partial charge in [0.2, 0.25) is 0 Å². The van der Waals surface area contributed by atoms with Gasteiger partial charge in [0.15, 0.2) is 0 Å². The number of hydrogen-bond donors (Lipinski definition) is 2. The molecule has 0 saturated heterocycles. The molecule has 0 radical (unpaired) electrons. The maximum atomic E-state index is 14.3. The molecule has 4 rings (SSSR count). The van der Waals surface area contributed by atoms with Crippen molar-refractivity contribution in [3.05, 3.63) is 0 Å². The summed E-state index contributed by atoms with van der Waals surface area (Å²) in [6, 6.07) is 0. The Balaban J connectivity index is 1.48. The first kappa shape index (κ1) is 19.8. The van der Waals surface area contributed by atoms with E-state index in [4.69, 9.17) is 9.99 Å². The standard InChI is InChI=1S/C17H28F2O5S/c1-14(2,25-24-23-21)17(18,19)3-4-22-11-15-6-12-5-13(7-15)9-16(20,8-12)10-15/h12-13,20-21H,3-11H2,1-2H3. The van der Waals surface area contributed by atoms with E-state index in [0.29, 0.717) is 30.5 Å². The summed E-state index contributed by atoms with van der Waals surface area (Å²) in [7, 11) is 0. The SMILES string of the molecule is CC(C)(SOOO)C(F)(F)CCOCC12CC3CC(CC(O)(C3)C1)C2. The van der Waals surface area contributed by atoms with E-state index in [1.54, 1.807) is 0 Å². The van der Waals surface area contributed by atoms with Crippen LogP contribution in [0.5, 0.6) is 0 Å². The quantitative estimate of drug-likeness (QED) is 0.269. The lowest BCUT2D eigenvalue weighted by Crippen LogP contribution is -2.57. The van der Waals surface area contributed by atoms with Crippen molar-refractivity contribution in [3.63, 3.8) is 0 Å². The highest BCUT2D eigenvalue weighted by Gasteiger charge is 2.57. The molecule has 2 unspecified atom stereocenters. The lowest BCUT2D eigenvalue weighted by Gasteiger charge is -2.60. The van der Waals surface area contributed by atoms with E-state index < -0.39 is 22.7 Å². The number of alkyl halides is 2. The van der Waals surface area contributed by atoms with Crippen LogP contribution in [0.15, 0.2) is 0 Å². The van der Waals surface area contributed by atoms with Crippen molar-refractivity contribution in [2.24, 2.45) is 17.3 Å². The van der Waals surface area contributed by atoms with Gasteiger partial charge in [0.05, 0.1) is 18.8 Å². The van der Waals surface area contributed by atoms with E-state index >= 15 is 0 Å². The maximum Gasteiger partial charge on any atom is 0.266 e. The first-order chi connectivity index (χ1) is 11.6. The van der Waals surface area contributed by atoms with Crippen molar-refractivity contribution in [2.45, 2.75) is 75.1 Å². The van der Waals surface area contributed by atoms with Crippen LogP contribution >= 0.6 is 12.0 Å². The van der Waals surface area contributed by atoms with E-state index in [1.807, 2.05) is 0 Å². The van der Waals surface area contributed by atoms with Gasteiger partial charge < -0.3 is 9.84 Å². The topological polar surface area (TPSA) is 68.2 Å². The molecular formula is C17H28F2O5S. The Kier molecular flexibility index (Phi) is 5.43. The molecule has 4 fully saturated rings. The van der Waals surface area contributed by atoms with Crippen molar-refractivity contribution in [1.29, 1.82) is 0 Å². The third-order valence-electron chi connectivity index (χ3n) is 6.27. The molecule has 0 amide bonds. The van der Waals surface area contributed by atoms with Crippen LogP contribution in [0, 0.1) is 17.3 Å². The molecule has 2 atom stereocenters. The van der Waals surface area contributed by atoms with E-state index in [-0.39, 0.29) is 12.0 Å². The number of rotatable bonds is 9. The zero-order valence-corrected chi connectivity index (χ0v) is 15.6. The molecule has 0 spiro atoms. The lowest BCUT2D eigenvalue weighted by atomic mass is 9.48. The van der Waals surface area contributed by atoms with Gasteiger partial charge in [-0.1, -0.05) is 5.04 Å². The third kappa shape index (κ3) is 4.14. The van der Waals surface area contributed by atoms with Gasteiger partial charge in [-0.15, -0.1) is 4.33 Å². The summed E-state index contributed by atoms with van der Waals surface area (Å²) >= 11 is 0.380. The summed E-state index contributed by atoms with van der Waals surface area (Å²) in [5, 5.41) is 22.3. The Morgan fingerprint density at radius 2 is 1.80 bits per heavy atom. The summed E-state index contributed by atoms with van der Waals surface area (Å²) in [6.07, 6.45) is 5.38. The van der Waals surface area contributed by atoms with Gasteiger partial charge in [-0.3, -0.25) is 0 Å². The molecular weight excluding hydrogens is 354 g/mol. The normalized spacial score (nSPS) is 37.7. The molecule has 0 aromatic carbocycles. The monoisotopic (exact) mass is 382 g/mol. The van der Waals surface area contributed by atoms with Crippen molar-refractivity contribution in [1.82, 2.24) is 0 Å². The van der Waals surface area contributed by atoms with Gasteiger partial charge in [-0.2, -0.15) is 0 Å². The summed E-state index contributed by atoms with van der Waals surface area (Å²) < 4.78 is 36.9. The lowest BCUT2D eigenvalue weighted by molar-refractivity contribution is -0.433. The Bertz CT molecular complexity index is 474. The third-order valence-corrected chi connectivity index (χ3v) is 7.12. The summed E-state index contributed by atoms with van der Waals surface area (Å²) in [5.74, 6) is -1.93. The van der Waals surface area contributed by atoms with Crippen molar-refractivity contribution in [2.75, 3.05) is 13.2 Å². The van der Waals surface area contributed by atoms with Gasteiger partial charge in [-0.05, 0) is 69.6 Å². The van der Waals surface area contributed by atoms with Crippen LogP contribution in [0.1, 0.15) is 58.8 Å². The predicted molar refractivity (Wildman–Crippen MR) is 88.9 cm³/mol. The number of halogens is 2. The second-order valence-corrected chi connectivity index (χ2v) is 10.3. The molecule has 2 N–H and O–H groups in total. The molecule has 146 valence electrons. The van der Waals surface area contributed by atoms with Crippen molar-refractivity contribution in [3.8, 4) is 0 Å². The molecule has 4 saturated carbocycles. The molecule has 0 aromatic rings. The summed E-state index contributed by atoms with van der Waals surface area (Å²) in [6.45, 7) is 3.05. The van der Waals surface area contributed by atoms with Gasteiger partial charge in [-0.25, -0.2) is 14.0 Å². The highest BCUT2D eigenvalue weighted by Crippen LogP contribution is 2.61. The number of ether oxygens (including phenoxy) is 1. The largest absolute Gasteiger partial charge is 0.390 e. The van der Waals surface area contributed by atoms with E-state index in [1.165, 1.54) is 20.3 Å². The smallest absolute Gasteiger partial charge is 0.266 e. The fourth-order valence-corrected chi connectivity index (χ4v) is 5.95. The Morgan fingerprint density at radius 3 is 2.36 bits per heavy atom. The molecule has 4 aliphatic carbocycles. The minimum Gasteiger partial charge on any atom is -0.390 e. The highest BCUT2D eigenvalue weighted by atomic mass is 32.2. The zero-order valence-electron chi connectivity index (χ0n) is 14.8. The fourth-order valence-electron chi connectivity index (χ4n) is 5.52. The van der Waals surface area contributed by atoms with Crippen molar-refractivity contribution < 1.29 is 33.3 Å². The van der Waals surface area contributed by atoms with Gasteiger partial charge in [0.25, 0.3) is 5.92 Å². The molecule has 0 aliphatic heterocycles. The first-order valence-electron chi connectivity index (χ1n) is 8.93. The number of hydrogen-bond acceptors (Lipinski definition) is 6. The van der Waals surface area contributed by atoms with Crippen LogP contribution < -0.4 is 0 Å². The van der Waals surface area contributed by atoms with E-state index in [2.05, 4.69) is 9.37 Å². The Hall–Kier alpha value is 0.0100. The average molecular weight is 382 g/mol. The Labute approximate surface area is 151 Å². The molecule has 8 heteroatoms. The summed E-state index contributed by atoms with van der Waals surface area (Å²) in [5.41, 5.74) is -0.593. The van der Waals surface area contributed by atoms with Crippen molar-refractivity contribution >= 4 is 12.0 Å². The van der Waals surface area contributed by atoms with E-state index in [0.717, 1.165) is 32.1 Å². The minimum absolute atomic E-state index is 0.0355. The van der Waals surface area contributed by atoms with Gasteiger partial charge >= 0.3 is 0 Å². The Morgan fingerprint density at radius 1 is 1.16 bits per heavy atom. The van der Waals surface area contributed by atoms with E-state index in [9.17, 15) is 13.9 Å². The molecule has 25 heavy (non-hydrogen) atoms. The second kappa shape index (κ2) is 6.87. The average Bonchev–Trinajstić information content (AvgIpc) is 2.47. The molecule has 0 aromatic heterocycles. The van der Waals surface area contributed by atoms with Crippen LogP contribution in [0.4, 0.5) is 8.78 Å². The van der Waals surface area contributed by atoms with Gasteiger partial charge in [0, 0.05) is 18.5 Å². The van der Waals surface area contributed by atoms with Gasteiger partial charge in [0.1, 0.15) is 4.75 Å². The zero-order chi connectivity index (χ0) is 18.3. The molecule has 4 aliphatic rings. The second-order valence-electron chi connectivity index (χ2n) is 8.93. The van der Waals surface area contributed by atoms with Crippen LogP contribution in [0.25, 0.3) is 0 Å².